The second-order valence-electron chi connectivity index (χ2n) is 7.32. The Morgan fingerprint density at radius 2 is 1.63 bits per heavy atom. The standard InChI is InChI=1S/C22H27N3O4S/c26-21(24-16-18-8-3-1-4-9-18)13-14-23-22(27)19-10-7-15-25(17-19)30(28,29)20-11-5-2-6-12-20/h1-6,8-9,11-12,19H,7,10,13-17H2,(H,23,27)(H,24,26)/t19-/m0/s1. The van der Waals surface area contributed by atoms with Crippen molar-refractivity contribution >= 4 is 21.8 Å². The fourth-order valence-electron chi connectivity index (χ4n) is 3.44. The van der Waals surface area contributed by atoms with E-state index in [1.807, 2.05) is 30.3 Å². The molecule has 2 aromatic carbocycles. The molecule has 0 bridgehead atoms. The smallest absolute Gasteiger partial charge is 0.243 e. The van der Waals surface area contributed by atoms with Gasteiger partial charge in [0.25, 0.3) is 0 Å². The Bertz CT molecular complexity index is 949. The molecule has 3 rings (SSSR count). The lowest BCUT2D eigenvalue weighted by Crippen LogP contribution is -2.45. The molecule has 160 valence electrons. The number of carbonyl (C=O) groups excluding carboxylic acids is 2. The van der Waals surface area contributed by atoms with Crippen molar-refractivity contribution in [2.75, 3.05) is 19.6 Å². The van der Waals surface area contributed by atoms with E-state index in [9.17, 15) is 18.0 Å². The zero-order valence-electron chi connectivity index (χ0n) is 16.8. The van der Waals surface area contributed by atoms with Crippen LogP contribution in [0, 0.1) is 5.92 Å². The van der Waals surface area contributed by atoms with Gasteiger partial charge in [0.05, 0.1) is 10.8 Å². The lowest BCUT2D eigenvalue weighted by molar-refractivity contribution is -0.126. The molecule has 1 heterocycles. The van der Waals surface area contributed by atoms with Crippen molar-refractivity contribution in [3.8, 4) is 0 Å². The van der Waals surface area contributed by atoms with Gasteiger partial charge in [-0.3, -0.25) is 9.59 Å². The van der Waals surface area contributed by atoms with E-state index in [-0.39, 0.29) is 36.2 Å². The van der Waals surface area contributed by atoms with Crippen LogP contribution in [-0.2, 0) is 26.2 Å². The molecule has 8 heteroatoms. The largest absolute Gasteiger partial charge is 0.355 e. The van der Waals surface area contributed by atoms with Crippen molar-refractivity contribution < 1.29 is 18.0 Å². The summed E-state index contributed by atoms with van der Waals surface area (Å²) in [6, 6.07) is 17.9. The van der Waals surface area contributed by atoms with Crippen LogP contribution in [0.1, 0.15) is 24.8 Å². The van der Waals surface area contributed by atoms with Crippen LogP contribution in [0.25, 0.3) is 0 Å². The summed E-state index contributed by atoms with van der Waals surface area (Å²) in [5, 5.41) is 5.59. The molecule has 0 radical (unpaired) electrons. The summed E-state index contributed by atoms with van der Waals surface area (Å²) in [6.45, 7) is 1.23. The summed E-state index contributed by atoms with van der Waals surface area (Å²) in [6.07, 6.45) is 1.44. The monoisotopic (exact) mass is 429 g/mol. The Morgan fingerprint density at radius 3 is 2.33 bits per heavy atom. The van der Waals surface area contributed by atoms with Gasteiger partial charge in [-0.2, -0.15) is 4.31 Å². The Labute approximate surface area is 177 Å². The fraction of sp³-hybridized carbons (Fsp3) is 0.364. The van der Waals surface area contributed by atoms with E-state index in [0.29, 0.717) is 25.9 Å². The average molecular weight is 430 g/mol. The number of hydrogen-bond acceptors (Lipinski definition) is 4. The highest BCUT2D eigenvalue weighted by Crippen LogP contribution is 2.23. The molecule has 7 nitrogen and oxygen atoms in total. The number of amides is 2. The van der Waals surface area contributed by atoms with Crippen LogP contribution >= 0.6 is 0 Å². The maximum Gasteiger partial charge on any atom is 0.243 e. The third-order valence-electron chi connectivity index (χ3n) is 5.12. The van der Waals surface area contributed by atoms with E-state index in [1.54, 1.807) is 30.3 Å². The van der Waals surface area contributed by atoms with E-state index in [2.05, 4.69) is 10.6 Å². The highest BCUT2D eigenvalue weighted by atomic mass is 32.2. The van der Waals surface area contributed by atoms with Crippen molar-refractivity contribution in [3.63, 3.8) is 0 Å². The molecule has 2 N–H and O–H groups in total. The number of sulfonamides is 1. The van der Waals surface area contributed by atoms with Gasteiger partial charge in [0.15, 0.2) is 0 Å². The Kier molecular flexibility index (Phi) is 7.59. The van der Waals surface area contributed by atoms with Crippen LogP contribution in [-0.4, -0.2) is 44.2 Å². The molecule has 1 fully saturated rings. The van der Waals surface area contributed by atoms with Gasteiger partial charge in [0.1, 0.15) is 0 Å². The third-order valence-corrected chi connectivity index (χ3v) is 7.00. The normalized spacial score (nSPS) is 17.3. The summed E-state index contributed by atoms with van der Waals surface area (Å²) in [5.74, 6) is -0.764. The maximum absolute atomic E-state index is 12.8. The van der Waals surface area contributed by atoms with E-state index in [4.69, 9.17) is 0 Å². The minimum atomic E-state index is -3.61. The molecule has 0 spiro atoms. The molecule has 1 saturated heterocycles. The van der Waals surface area contributed by atoms with Crippen LogP contribution in [0.15, 0.2) is 65.6 Å². The van der Waals surface area contributed by atoms with Gasteiger partial charge in [-0.15, -0.1) is 0 Å². The number of nitrogens with zero attached hydrogens (tertiary/aromatic N) is 1. The number of benzene rings is 2. The van der Waals surface area contributed by atoms with Crippen LogP contribution in [0.2, 0.25) is 0 Å². The Hall–Kier alpha value is -2.71. The van der Waals surface area contributed by atoms with E-state index in [1.165, 1.54) is 4.31 Å². The van der Waals surface area contributed by atoms with Gasteiger partial charge >= 0.3 is 0 Å². The minimum Gasteiger partial charge on any atom is -0.355 e. The van der Waals surface area contributed by atoms with Gasteiger partial charge in [0, 0.05) is 32.6 Å². The summed E-state index contributed by atoms with van der Waals surface area (Å²) in [7, 11) is -3.61. The third kappa shape index (κ3) is 5.90. The highest BCUT2D eigenvalue weighted by Gasteiger charge is 2.33. The number of nitrogens with one attached hydrogen (secondary N) is 2. The van der Waals surface area contributed by atoms with Crippen LogP contribution in [0.3, 0.4) is 0 Å². The number of rotatable bonds is 8. The van der Waals surface area contributed by atoms with Gasteiger partial charge in [-0.25, -0.2) is 8.42 Å². The molecule has 2 amide bonds. The number of carbonyl (C=O) groups is 2. The molecular formula is C22H27N3O4S. The summed E-state index contributed by atoms with van der Waals surface area (Å²) >= 11 is 0. The first-order chi connectivity index (χ1) is 14.5. The average Bonchev–Trinajstić information content (AvgIpc) is 2.79. The van der Waals surface area contributed by atoms with Crippen LogP contribution in [0.5, 0.6) is 0 Å². The lowest BCUT2D eigenvalue weighted by atomic mass is 9.99. The Morgan fingerprint density at radius 1 is 0.967 bits per heavy atom. The summed E-state index contributed by atoms with van der Waals surface area (Å²) < 4.78 is 27.0. The van der Waals surface area contributed by atoms with Crippen molar-refractivity contribution in [1.82, 2.24) is 14.9 Å². The van der Waals surface area contributed by atoms with Gasteiger partial charge in [0.2, 0.25) is 21.8 Å². The first-order valence-electron chi connectivity index (χ1n) is 10.1. The molecular weight excluding hydrogens is 402 g/mol. The summed E-state index contributed by atoms with van der Waals surface area (Å²) in [4.78, 5) is 24.7. The molecule has 1 atom stereocenters. The van der Waals surface area contributed by atoms with Gasteiger partial charge in [-0.05, 0) is 30.5 Å². The lowest BCUT2D eigenvalue weighted by Gasteiger charge is -2.31. The Balaban J connectivity index is 1.44. The zero-order chi connectivity index (χ0) is 21.4. The van der Waals surface area contributed by atoms with E-state index < -0.39 is 15.9 Å². The van der Waals surface area contributed by atoms with E-state index in [0.717, 1.165) is 5.56 Å². The summed E-state index contributed by atoms with van der Waals surface area (Å²) in [5.41, 5.74) is 1.01. The maximum atomic E-state index is 12.8. The minimum absolute atomic E-state index is 0.143. The highest BCUT2D eigenvalue weighted by molar-refractivity contribution is 7.89. The van der Waals surface area contributed by atoms with E-state index >= 15 is 0 Å². The van der Waals surface area contributed by atoms with Gasteiger partial charge in [-0.1, -0.05) is 48.5 Å². The van der Waals surface area contributed by atoms with Crippen molar-refractivity contribution in [3.05, 3.63) is 66.2 Å². The molecule has 0 unspecified atom stereocenters. The molecule has 1 aliphatic heterocycles. The topological polar surface area (TPSA) is 95.6 Å². The molecule has 30 heavy (non-hydrogen) atoms. The molecule has 1 aliphatic rings. The SMILES string of the molecule is O=C(CCNC(=O)[C@H]1CCCN(S(=O)(=O)c2ccccc2)C1)NCc1ccccc1. The van der Waals surface area contributed by atoms with Crippen molar-refractivity contribution in [1.29, 1.82) is 0 Å². The first kappa shape index (κ1) is 22.0. The number of hydrogen-bond donors (Lipinski definition) is 2. The molecule has 0 aromatic heterocycles. The predicted molar refractivity (Wildman–Crippen MR) is 114 cm³/mol. The van der Waals surface area contributed by atoms with Gasteiger partial charge < -0.3 is 10.6 Å². The molecule has 0 saturated carbocycles. The quantitative estimate of drug-likeness (QED) is 0.670. The molecule has 0 aliphatic carbocycles. The number of piperidine rings is 1. The van der Waals surface area contributed by atoms with Crippen molar-refractivity contribution in [2.45, 2.75) is 30.7 Å². The van der Waals surface area contributed by atoms with Crippen LogP contribution < -0.4 is 10.6 Å². The second kappa shape index (κ2) is 10.4. The zero-order valence-corrected chi connectivity index (χ0v) is 17.6. The second-order valence-corrected chi connectivity index (χ2v) is 9.26. The van der Waals surface area contributed by atoms with Crippen LogP contribution in [0.4, 0.5) is 0 Å². The predicted octanol–water partition coefficient (Wildman–Crippen LogP) is 1.91. The molecule has 2 aromatic rings. The fourth-order valence-corrected chi connectivity index (χ4v) is 4.99. The van der Waals surface area contributed by atoms with Crippen molar-refractivity contribution in [2.24, 2.45) is 5.92 Å². The first-order valence-corrected chi connectivity index (χ1v) is 11.5.